The van der Waals surface area contributed by atoms with E-state index in [0.29, 0.717) is 48.7 Å². The molecule has 0 unspecified atom stereocenters. The van der Waals surface area contributed by atoms with Crippen LogP contribution in [0.3, 0.4) is 0 Å². The molecule has 0 spiro atoms. The number of aliphatic hydroxyl groups is 1. The molecule has 1 aliphatic heterocycles. The summed E-state index contributed by atoms with van der Waals surface area (Å²) >= 11 is 1.47. The summed E-state index contributed by atoms with van der Waals surface area (Å²) in [6.45, 7) is 3.89. The molecule has 1 aromatic heterocycles. The number of benzene rings is 2. The largest absolute Gasteiger partial charge is 0.497 e. The van der Waals surface area contributed by atoms with Crippen molar-refractivity contribution >= 4 is 51.8 Å². The molecule has 6 N–H and O–H groups in total. The number of nitrogens with zero attached hydrogens (tertiary/aromatic N) is 2. The molecule has 2 heterocycles. The number of carbonyl (C=O) groups is 1. The van der Waals surface area contributed by atoms with Crippen molar-refractivity contribution in [2.24, 2.45) is 0 Å². The lowest BCUT2D eigenvalue weighted by Crippen LogP contribution is -2.48. The SMILES string of the molecule is CCNc1cc(C(=O)N[C@@H](Cc2nccs2)[C@H](O)CNCc2cccc(OC)c2)cc(N2CCCCS2(O)O)c1.Cl. The number of aromatic nitrogens is 1. The summed E-state index contributed by atoms with van der Waals surface area (Å²) in [7, 11) is -1.33. The van der Waals surface area contributed by atoms with Gasteiger partial charge in [-0.3, -0.25) is 18.2 Å². The van der Waals surface area contributed by atoms with Gasteiger partial charge in [0.25, 0.3) is 5.91 Å². The Labute approximate surface area is 253 Å². The number of ether oxygens (including phenoxy) is 1. The molecule has 1 aliphatic rings. The fourth-order valence-corrected chi connectivity index (χ4v) is 7.02. The third kappa shape index (κ3) is 9.20. The maximum Gasteiger partial charge on any atom is 0.251 e. The molecule has 0 bridgehead atoms. The number of nitrogens with one attached hydrogen (secondary N) is 3. The number of methoxy groups -OCH3 is 1. The van der Waals surface area contributed by atoms with Crippen LogP contribution in [0, 0.1) is 0 Å². The number of aliphatic hydroxyl groups excluding tert-OH is 1. The van der Waals surface area contributed by atoms with Gasteiger partial charge in [0.05, 0.1) is 35.7 Å². The van der Waals surface area contributed by atoms with Crippen LogP contribution in [-0.2, 0) is 13.0 Å². The molecule has 10 nitrogen and oxygen atoms in total. The number of hydrogen-bond donors (Lipinski definition) is 6. The summed E-state index contributed by atoms with van der Waals surface area (Å²) in [5.41, 5.74) is 2.68. The van der Waals surface area contributed by atoms with E-state index in [1.807, 2.05) is 42.6 Å². The minimum Gasteiger partial charge on any atom is -0.497 e. The van der Waals surface area contributed by atoms with Crippen LogP contribution in [-0.4, -0.2) is 69.7 Å². The molecule has 0 radical (unpaired) electrons. The standard InChI is InChI=1S/C28H39N5O5S2.ClH/c1-3-30-22-14-21(15-23(16-22)33-10-4-5-12-40(33,36)37)28(35)32-25(17-27-31-9-11-39-27)26(34)19-29-18-20-7-6-8-24(13-20)38-2;/h6-9,11,13-16,25-26,29-30,34,36-37H,3-5,10,12,17-19H2,1-2H3,(H,32,35);1H/t25-,26+;/m0./s1. The van der Waals surface area contributed by atoms with E-state index in [1.165, 1.54) is 11.3 Å². The second-order valence-corrected chi connectivity index (χ2v) is 12.8. The Kier molecular flexibility index (Phi) is 12.5. The zero-order valence-electron chi connectivity index (χ0n) is 23.3. The molecular weight excluding hydrogens is 586 g/mol. The van der Waals surface area contributed by atoms with Crippen LogP contribution >= 0.6 is 34.5 Å². The number of hydrogen-bond acceptors (Lipinski definition) is 10. The van der Waals surface area contributed by atoms with E-state index in [1.54, 1.807) is 29.7 Å². The molecule has 226 valence electrons. The minimum atomic E-state index is -2.95. The molecule has 13 heteroatoms. The van der Waals surface area contributed by atoms with E-state index >= 15 is 0 Å². The zero-order chi connectivity index (χ0) is 28.5. The number of rotatable bonds is 13. The second-order valence-electron chi connectivity index (χ2n) is 9.70. The van der Waals surface area contributed by atoms with Crippen LogP contribution in [0.25, 0.3) is 0 Å². The quantitative estimate of drug-likeness (QED) is 0.159. The fraction of sp³-hybridized carbons (Fsp3) is 0.429. The fourth-order valence-electron chi connectivity index (χ4n) is 4.66. The van der Waals surface area contributed by atoms with Gasteiger partial charge >= 0.3 is 0 Å². The first-order valence-corrected chi connectivity index (χ1v) is 16.0. The van der Waals surface area contributed by atoms with Crippen LogP contribution in [0.15, 0.2) is 54.0 Å². The van der Waals surface area contributed by atoms with Crippen LogP contribution in [0.4, 0.5) is 11.4 Å². The zero-order valence-corrected chi connectivity index (χ0v) is 25.7. The van der Waals surface area contributed by atoms with Crippen LogP contribution < -0.4 is 25.0 Å². The normalized spacial score (nSPS) is 16.7. The van der Waals surface area contributed by atoms with E-state index in [4.69, 9.17) is 4.74 Å². The second kappa shape index (κ2) is 15.6. The van der Waals surface area contributed by atoms with Crippen molar-refractivity contribution < 1.29 is 23.7 Å². The first-order chi connectivity index (χ1) is 19.3. The Balaban J connectivity index is 0.00000462. The van der Waals surface area contributed by atoms with Gasteiger partial charge in [0, 0.05) is 55.4 Å². The Morgan fingerprint density at radius 2 is 2.05 bits per heavy atom. The molecule has 0 aliphatic carbocycles. The van der Waals surface area contributed by atoms with E-state index in [-0.39, 0.29) is 24.9 Å². The van der Waals surface area contributed by atoms with Gasteiger partial charge in [0.1, 0.15) is 5.75 Å². The van der Waals surface area contributed by atoms with Gasteiger partial charge in [0.15, 0.2) is 0 Å². The number of carbonyl (C=O) groups excluding carboxylic acids is 1. The van der Waals surface area contributed by atoms with E-state index in [9.17, 15) is 19.0 Å². The highest BCUT2D eigenvalue weighted by Crippen LogP contribution is 2.50. The van der Waals surface area contributed by atoms with Gasteiger partial charge in [-0.1, -0.05) is 12.1 Å². The Hall–Kier alpha value is -2.58. The maximum atomic E-state index is 13.6. The van der Waals surface area contributed by atoms with E-state index in [0.717, 1.165) is 29.2 Å². The molecule has 41 heavy (non-hydrogen) atoms. The highest BCUT2D eigenvalue weighted by atomic mass is 35.5. The molecule has 2 atom stereocenters. The van der Waals surface area contributed by atoms with E-state index in [2.05, 4.69) is 20.9 Å². The lowest BCUT2D eigenvalue weighted by atomic mass is 10.1. The highest BCUT2D eigenvalue weighted by Gasteiger charge is 2.29. The third-order valence-electron chi connectivity index (χ3n) is 6.71. The van der Waals surface area contributed by atoms with Crippen molar-refractivity contribution in [3.63, 3.8) is 0 Å². The van der Waals surface area contributed by atoms with Crippen LogP contribution in [0.1, 0.15) is 40.7 Å². The average Bonchev–Trinajstić information content (AvgIpc) is 3.45. The summed E-state index contributed by atoms with van der Waals surface area (Å²) in [6.07, 6.45) is 2.78. The third-order valence-corrected chi connectivity index (χ3v) is 9.44. The van der Waals surface area contributed by atoms with Gasteiger partial charge in [0.2, 0.25) is 0 Å². The predicted octanol–water partition coefficient (Wildman–Crippen LogP) is 4.76. The van der Waals surface area contributed by atoms with Crippen LogP contribution in [0.5, 0.6) is 5.75 Å². The van der Waals surface area contributed by atoms with Crippen molar-refractivity contribution in [3.05, 3.63) is 70.2 Å². The van der Waals surface area contributed by atoms with Gasteiger partial charge in [-0.05, 0) is 55.7 Å². The molecule has 0 saturated carbocycles. The summed E-state index contributed by atoms with van der Waals surface area (Å²) in [4.78, 5) is 17.9. The topological polar surface area (TPSA) is 139 Å². The van der Waals surface area contributed by atoms with Gasteiger partial charge < -0.3 is 25.8 Å². The summed E-state index contributed by atoms with van der Waals surface area (Å²) in [5, 5.41) is 23.3. The van der Waals surface area contributed by atoms with E-state index < -0.39 is 22.9 Å². The molecule has 1 amide bonds. The summed E-state index contributed by atoms with van der Waals surface area (Å²) in [5.74, 6) is 0.715. The lowest BCUT2D eigenvalue weighted by Gasteiger charge is -2.47. The summed E-state index contributed by atoms with van der Waals surface area (Å²) in [6, 6.07) is 12.4. The van der Waals surface area contributed by atoms with Crippen molar-refractivity contribution in [1.82, 2.24) is 15.6 Å². The smallest absolute Gasteiger partial charge is 0.251 e. The predicted molar refractivity (Wildman–Crippen MR) is 170 cm³/mol. The lowest BCUT2D eigenvalue weighted by molar-refractivity contribution is 0.0830. The monoisotopic (exact) mass is 625 g/mol. The molecule has 3 aromatic rings. The van der Waals surface area contributed by atoms with Gasteiger partial charge in [-0.2, -0.15) is 0 Å². The number of thiazole rings is 1. The number of halogens is 1. The molecule has 1 fully saturated rings. The Morgan fingerprint density at radius 1 is 1.22 bits per heavy atom. The van der Waals surface area contributed by atoms with Crippen molar-refractivity contribution in [1.29, 1.82) is 0 Å². The van der Waals surface area contributed by atoms with Crippen molar-refractivity contribution in [3.8, 4) is 5.75 Å². The average molecular weight is 626 g/mol. The summed E-state index contributed by atoms with van der Waals surface area (Å²) < 4.78 is 28.3. The van der Waals surface area contributed by atoms with Gasteiger partial charge in [-0.25, -0.2) is 4.98 Å². The molecule has 4 rings (SSSR count). The molecular formula is C28H40ClN5O5S2. The highest BCUT2D eigenvalue weighted by molar-refractivity contribution is 8.25. The Morgan fingerprint density at radius 3 is 2.76 bits per heavy atom. The van der Waals surface area contributed by atoms with Crippen LogP contribution in [0.2, 0.25) is 0 Å². The van der Waals surface area contributed by atoms with Crippen molar-refractivity contribution in [2.75, 3.05) is 42.1 Å². The molecule has 2 aromatic carbocycles. The maximum absolute atomic E-state index is 13.6. The van der Waals surface area contributed by atoms with Gasteiger partial charge in [-0.15, -0.1) is 34.5 Å². The number of anilines is 2. The first kappa shape index (κ1) is 32.9. The van der Waals surface area contributed by atoms with Crippen molar-refractivity contribution in [2.45, 2.75) is 44.9 Å². The minimum absolute atomic E-state index is 0. The Bertz CT molecular complexity index is 1250. The number of amides is 1. The first-order valence-electron chi connectivity index (χ1n) is 13.4. The molecule has 1 saturated heterocycles.